The molecule has 0 unspecified atom stereocenters. The number of rotatable bonds is 4. The van der Waals surface area contributed by atoms with Crippen LogP contribution in [0.3, 0.4) is 0 Å². The van der Waals surface area contributed by atoms with E-state index >= 15 is 0 Å². The summed E-state index contributed by atoms with van der Waals surface area (Å²) in [5.74, 6) is 0.0488. The Kier molecular flexibility index (Phi) is 5.58. The lowest BCUT2D eigenvalue weighted by Crippen LogP contribution is -2.28. The minimum atomic E-state index is -3.63. The summed E-state index contributed by atoms with van der Waals surface area (Å²) in [5, 5.41) is 7.43. The second-order valence-electron chi connectivity index (χ2n) is 7.96. The van der Waals surface area contributed by atoms with Gasteiger partial charge in [-0.05, 0) is 58.7 Å². The molecular formula is C19H25ClN4O3S. The van der Waals surface area contributed by atoms with E-state index in [-0.39, 0.29) is 21.0 Å². The molecule has 0 saturated carbocycles. The summed E-state index contributed by atoms with van der Waals surface area (Å²) < 4.78 is 28.8. The van der Waals surface area contributed by atoms with E-state index < -0.39 is 15.9 Å². The highest BCUT2D eigenvalue weighted by Gasteiger charge is 2.28. The number of nitrogens with zero attached hydrogens (tertiary/aromatic N) is 3. The highest BCUT2D eigenvalue weighted by Crippen LogP contribution is 2.27. The second-order valence-corrected chi connectivity index (χ2v) is 10.3. The van der Waals surface area contributed by atoms with E-state index in [1.165, 1.54) is 22.5 Å². The molecule has 0 atom stereocenters. The zero-order chi connectivity index (χ0) is 20.7. The van der Waals surface area contributed by atoms with E-state index in [0.717, 1.165) is 18.5 Å². The van der Waals surface area contributed by atoms with E-state index in [2.05, 4.69) is 10.4 Å². The van der Waals surface area contributed by atoms with Gasteiger partial charge in [0.1, 0.15) is 5.82 Å². The zero-order valence-electron chi connectivity index (χ0n) is 16.5. The van der Waals surface area contributed by atoms with Crippen LogP contribution in [0.2, 0.25) is 5.02 Å². The van der Waals surface area contributed by atoms with Crippen LogP contribution in [0.15, 0.2) is 29.2 Å². The summed E-state index contributed by atoms with van der Waals surface area (Å²) in [7, 11) is -3.63. The molecule has 1 saturated heterocycles. The fourth-order valence-corrected chi connectivity index (χ4v) is 4.95. The van der Waals surface area contributed by atoms with Gasteiger partial charge in [-0.3, -0.25) is 4.79 Å². The number of carbonyl (C=O) groups is 1. The summed E-state index contributed by atoms with van der Waals surface area (Å²) in [6, 6.07) is 6.00. The number of benzene rings is 1. The van der Waals surface area contributed by atoms with Crippen molar-refractivity contribution in [2.75, 3.05) is 18.4 Å². The molecule has 1 amide bonds. The van der Waals surface area contributed by atoms with Crippen molar-refractivity contribution in [2.24, 2.45) is 0 Å². The van der Waals surface area contributed by atoms with Crippen LogP contribution >= 0.6 is 11.6 Å². The number of anilines is 1. The van der Waals surface area contributed by atoms with E-state index in [4.69, 9.17) is 11.6 Å². The van der Waals surface area contributed by atoms with Crippen molar-refractivity contribution >= 4 is 33.3 Å². The number of hydrogen-bond acceptors (Lipinski definition) is 4. The van der Waals surface area contributed by atoms with Crippen molar-refractivity contribution < 1.29 is 13.2 Å². The van der Waals surface area contributed by atoms with E-state index in [1.807, 2.05) is 27.7 Å². The topological polar surface area (TPSA) is 84.3 Å². The fraction of sp³-hybridized carbons (Fsp3) is 0.474. The largest absolute Gasteiger partial charge is 0.307 e. The molecule has 1 aliphatic rings. The summed E-state index contributed by atoms with van der Waals surface area (Å²) in [6.45, 7) is 8.77. The van der Waals surface area contributed by atoms with Gasteiger partial charge in [-0.2, -0.15) is 9.40 Å². The van der Waals surface area contributed by atoms with Crippen LogP contribution in [-0.2, 0) is 15.6 Å². The van der Waals surface area contributed by atoms with Gasteiger partial charge in [-0.25, -0.2) is 13.1 Å². The van der Waals surface area contributed by atoms with Crippen LogP contribution in [0.1, 0.15) is 49.7 Å². The number of aromatic nitrogens is 2. The molecule has 2 heterocycles. The van der Waals surface area contributed by atoms with E-state index in [0.29, 0.717) is 18.9 Å². The molecule has 1 aromatic heterocycles. The lowest BCUT2D eigenvalue weighted by atomic mass is 10.1. The van der Waals surface area contributed by atoms with Crippen molar-refractivity contribution in [3.63, 3.8) is 0 Å². The van der Waals surface area contributed by atoms with Gasteiger partial charge in [0.25, 0.3) is 5.91 Å². The van der Waals surface area contributed by atoms with Gasteiger partial charge in [0.15, 0.2) is 0 Å². The molecule has 152 valence electrons. The molecule has 3 rings (SSSR count). The highest BCUT2D eigenvalue weighted by molar-refractivity contribution is 7.89. The Bertz CT molecular complexity index is 1000. The Labute approximate surface area is 170 Å². The maximum absolute atomic E-state index is 12.9. The maximum atomic E-state index is 12.9. The van der Waals surface area contributed by atoms with Crippen molar-refractivity contribution in [1.29, 1.82) is 0 Å². The lowest BCUT2D eigenvalue weighted by molar-refractivity contribution is 0.102. The maximum Gasteiger partial charge on any atom is 0.258 e. The Morgan fingerprint density at radius 1 is 1.18 bits per heavy atom. The van der Waals surface area contributed by atoms with Crippen LogP contribution in [0.4, 0.5) is 5.82 Å². The van der Waals surface area contributed by atoms with Gasteiger partial charge in [-0.15, -0.1) is 0 Å². The van der Waals surface area contributed by atoms with Crippen molar-refractivity contribution in [1.82, 2.24) is 14.1 Å². The smallest absolute Gasteiger partial charge is 0.258 e. The van der Waals surface area contributed by atoms with Crippen LogP contribution in [0.5, 0.6) is 0 Å². The molecule has 7 nitrogen and oxygen atoms in total. The molecule has 1 aliphatic heterocycles. The molecule has 0 spiro atoms. The van der Waals surface area contributed by atoms with Crippen molar-refractivity contribution in [3.05, 3.63) is 40.5 Å². The number of halogens is 1. The van der Waals surface area contributed by atoms with E-state index in [9.17, 15) is 13.2 Å². The number of carbonyl (C=O) groups excluding carboxylic acids is 1. The first-order chi connectivity index (χ1) is 13.0. The Balaban J connectivity index is 1.93. The normalized spacial score (nSPS) is 15.8. The summed E-state index contributed by atoms with van der Waals surface area (Å²) in [6.07, 6.45) is 1.69. The molecule has 9 heteroatoms. The van der Waals surface area contributed by atoms with Gasteiger partial charge < -0.3 is 5.32 Å². The van der Waals surface area contributed by atoms with Gasteiger partial charge in [0.05, 0.1) is 26.7 Å². The molecule has 0 aliphatic carbocycles. The minimum Gasteiger partial charge on any atom is -0.307 e. The molecular weight excluding hydrogens is 400 g/mol. The first-order valence-corrected chi connectivity index (χ1v) is 11.0. The Hall–Kier alpha value is -1.90. The molecule has 1 N–H and O–H groups in total. The predicted octanol–water partition coefficient (Wildman–Crippen LogP) is 3.64. The monoisotopic (exact) mass is 424 g/mol. The number of hydrogen-bond donors (Lipinski definition) is 1. The Morgan fingerprint density at radius 3 is 2.43 bits per heavy atom. The van der Waals surface area contributed by atoms with Gasteiger partial charge in [-0.1, -0.05) is 11.6 Å². The number of amides is 1. The summed E-state index contributed by atoms with van der Waals surface area (Å²) in [4.78, 5) is 13.0. The molecule has 1 aromatic carbocycles. The zero-order valence-corrected chi connectivity index (χ0v) is 18.1. The van der Waals surface area contributed by atoms with Crippen molar-refractivity contribution in [3.8, 4) is 0 Å². The second kappa shape index (κ2) is 7.50. The molecule has 0 radical (unpaired) electrons. The highest BCUT2D eigenvalue weighted by atomic mass is 35.5. The molecule has 0 bridgehead atoms. The number of sulfonamides is 1. The van der Waals surface area contributed by atoms with Crippen LogP contribution in [0.25, 0.3) is 0 Å². The molecule has 28 heavy (non-hydrogen) atoms. The quantitative estimate of drug-likeness (QED) is 0.812. The van der Waals surface area contributed by atoms with Crippen LogP contribution in [-0.4, -0.2) is 41.5 Å². The van der Waals surface area contributed by atoms with Gasteiger partial charge in [0, 0.05) is 19.2 Å². The average molecular weight is 425 g/mol. The standard InChI is InChI=1S/C19H25ClN4O3S/c1-13-11-17(24(22-13)19(2,3)4)21-18(25)15-12-14(7-8-16(15)20)28(26,27)23-9-5-6-10-23/h7-8,11-12H,5-6,9-10H2,1-4H3,(H,21,25). The summed E-state index contributed by atoms with van der Waals surface area (Å²) >= 11 is 6.21. The first-order valence-electron chi connectivity index (χ1n) is 9.18. The SMILES string of the molecule is Cc1cc(NC(=O)c2cc(S(=O)(=O)N3CCCC3)ccc2Cl)n(C(C)(C)C)n1. The van der Waals surface area contributed by atoms with Gasteiger partial charge >= 0.3 is 0 Å². The van der Waals surface area contributed by atoms with Crippen molar-refractivity contribution in [2.45, 2.75) is 51.0 Å². The van der Waals surface area contributed by atoms with Crippen LogP contribution < -0.4 is 5.32 Å². The number of nitrogens with one attached hydrogen (secondary N) is 1. The third kappa shape index (κ3) is 4.09. The van der Waals surface area contributed by atoms with Gasteiger partial charge in [0.2, 0.25) is 10.0 Å². The minimum absolute atomic E-state index is 0.0736. The van der Waals surface area contributed by atoms with Crippen LogP contribution in [0, 0.1) is 6.92 Å². The lowest BCUT2D eigenvalue weighted by Gasteiger charge is -2.22. The third-order valence-corrected chi connectivity index (χ3v) is 6.82. The number of aryl methyl sites for hydroxylation is 1. The predicted molar refractivity (Wildman–Crippen MR) is 109 cm³/mol. The van der Waals surface area contributed by atoms with E-state index in [1.54, 1.807) is 10.7 Å². The Morgan fingerprint density at radius 2 is 1.82 bits per heavy atom. The fourth-order valence-electron chi connectivity index (χ4n) is 3.20. The summed E-state index contributed by atoms with van der Waals surface area (Å²) in [5.41, 5.74) is 0.546. The first kappa shape index (κ1) is 20.8. The molecule has 1 fully saturated rings. The third-order valence-electron chi connectivity index (χ3n) is 4.59. The average Bonchev–Trinajstić information content (AvgIpc) is 3.24. The molecule has 2 aromatic rings.